The third kappa shape index (κ3) is 3.47. The minimum atomic E-state index is -1.44. The van der Waals surface area contributed by atoms with E-state index in [1.807, 2.05) is 0 Å². The molecule has 20 heavy (non-hydrogen) atoms. The van der Waals surface area contributed by atoms with Crippen LogP contribution in [0.3, 0.4) is 0 Å². The standard InChI is InChI=1S/C12H15F2N3O3/c1-15-6-3-7-16(2)12(18)10-8(13)4-5-9(11(10)14)17(19)20/h4-5,15H,3,6-7H2,1-2H3. The number of carbonyl (C=O) groups is 1. The van der Waals surface area contributed by atoms with Crippen LogP contribution in [0.25, 0.3) is 0 Å². The first-order chi connectivity index (χ1) is 9.40. The smallest absolute Gasteiger partial charge is 0.305 e. The van der Waals surface area contributed by atoms with Gasteiger partial charge in [-0.15, -0.1) is 0 Å². The predicted octanol–water partition coefficient (Wildman–Crippen LogP) is 1.55. The molecule has 1 N–H and O–H groups in total. The second kappa shape index (κ2) is 6.90. The Balaban J connectivity index is 3.03. The molecule has 1 aromatic rings. The third-order valence-electron chi connectivity index (χ3n) is 2.75. The lowest BCUT2D eigenvalue weighted by molar-refractivity contribution is -0.387. The summed E-state index contributed by atoms with van der Waals surface area (Å²) >= 11 is 0. The normalized spacial score (nSPS) is 10.4. The zero-order valence-corrected chi connectivity index (χ0v) is 11.2. The summed E-state index contributed by atoms with van der Waals surface area (Å²) in [4.78, 5) is 22.7. The molecular weight excluding hydrogens is 272 g/mol. The van der Waals surface area contributed by atoms with E-state index in [1.165, 1.54) is 7.05 Å². The summed E-state index contributed by atoms with van der Waals surface area (Å²) in [6, 6.07) is 1.42. The van der Waals surface area contributed by atoms with Gasteiger partial charge in [0.2, 0.25) is 5.82 Å². The molecule has 0 heterocycles. The molecule has 0 aliphatic rings. The highest BCUT2D eigenvalue weighted by atomic mass is 19.1. The van der Waals surface area contributed by atoms with Crippen LogP contribution in [-0.2, 0) is 0 Å². The Hall–Kier alpha value is -2.09. The SMILES string of the molecule is CNCCCN(C)C(=O)c1c(F)ccc([N+](=O)[O-])c1F. The van der Waals surface area contributed by atoms with E-state index in [4.69, 9.17) is 0 Å². The summed E-state index contributed by atoms with van der Waals surface area (Å²) in [5.41, 5.74) is -1.82. The van der Waals surface area contributed by atoms with Gasteiger partial charge < -0.3 is 10.2 Å². The van der Waals surface area contributed by atoms with Crippen molar-refractivity contribution in [2.75, 3.05) is 27.2 Å². The molecule has 0 fully saturated rings. The van der Waals surface area contributed by atoms with Crippen molar-refractivity contribution in [1.29, 1.82) is 0 Å². The van der Waals surface area contributed by atoms with E-state index >= 15 is 0 Å². The van der Waals surface area contributed by atoms with Crippen LogP contribution in [-0.4, -0.2) is 42.9 Å². The monoisotopic (exact) mass is 287 g/mol. The number of nitrogens with one attached hydrogen (secondary N) is 1. The summed E-state index contributed by atoms with van der Waals surface area (Å²) < 4.78 is 27.4. The Morgan fingerprint density at radius 1 is 1.45 bits per heavy atom. The van der Waals surface area contributed by atoms with Gasteiger partial charge in [-0.2, -0.15) is 4.39 Å². The Kier molecular flexibility index (Phi) is 5.51. The highest BCUT2D eigenvalue weighted by molar-refractivity contribution is 5.95. The molecule has 0 aromatic heterocycles. The van der Waals surface area contributed by atoms with Crippen molar-refractivity contribution in [2.45, 2.75) is 6.42 Å². The molecule has 0 saturated heterocycles. The van der Waals surface area contributed by atoms with Gasteiger partial charge in [0.25, 0.3) is 5.91 Å². The number of hydrogen-bond acceptors (Lipinski definition) is 4. The number of benzene rings is 1. The largest absolute Gasteiger partial charge is 0.341 e. The van der Waals surface area contributed by atoms with Crippen LogP contribution >= 0.6 is 0 Å². The van der Waals surface area contributed by atoms with Crippen molar-refractivity contribution in [1.82, 2.24) is 10.2 Å². The van der Waals surface area contributed by atoms with Crippen molar-refractivity contribution in [3.8, 4) is 0 Å². The summed E-state index contributed by atoms with van der Waals surface area (Å²) in [6.07, 6.45) is 0.594. The number of rotatable bonds is 6. The van der Waals surface area contributed by atoms with Gasteiger partial charge in [0.15, 0.2) is 0 Å². The molecule has 0 radical (unpaired) electrons. The Bertz CT molecular complexity index is 523. The molecule has 1 amide bonds. The number of nitrogens with zero attached hydrogens (tertiary/aromatic N) is 2. The van der Waals surface area contributed by atoms with Crippen molar-refractivity contribution < 1.29 is 18.5 Å². The van der Waals surface area contributed by atoms with E-state index in [0.717, 1.165) is 11.0 Å². The lowest BCUT2D eigenvalue weighted by Gasteiger charge is -2.17. The van der Waals surface area contributed by atoms with Crippen LogP contribution in [0.4, 0.5) is 14.5 Å². The fourth-order valence-electron chi connectivity index (χ4n) is 1.66. The summed E-state index contributed by atoms with van der Waals surface area (Å²) in [7, 11) is 3.12. The van der Waals surface area contributed by atoms with Gasteiger partial charge >= 0.3 is 5.69 Å². The second-order valence-corrected chi connectivity index (χ2v) is 4.20. The lowest BCUT2D eigenvalue weighted by Crippen LogP contribution is -2.31. The number of nitro benzene ring substituents is 1. The molecule has 0 aliphatic carbocycles. The molecule has 0 bridgehead atoms. The highest BCUT2D eigenvalue weighted by Crippen LogP contribution is 2.24. The maximum absolute atomic E-state index is 13.8. The van der Waals surface area contributed by atoms with Gasteiger partial charge in [0.1, 0.15) is 11.4 Å². The van der Waals surface area contributed by atoms with E-state index in [-0.39, 0.29) is 6.54 Å². The predicted molar refractivity (Wildman–Crippen MR) is 68.5 cm³/mol. The van der Waals surface area contributed by atoms with Crippen LogP contribution in [0.5, 0.6) is 0 Å². The Morgan fingerprint density at radius 2 is 2.10 bits per heavy atom. The highest BCUT2D eigenvalue weighted by Gasteiger charge is 2.27. The number of halogens is 2. The van der Waals surface area contributed by atoms with Crippen molar-refractivity contribution >= 4 is 11.6 Å². The molecule has 0 aliphatic heterocycles. The molecule has 6 nitrogen and oxygen atoms in total. The molecule has 110 valence electrons. The van der Waals surface area contributed by atoms with Gasteiger partial charge in [-0.1, -0.05) is 0 Å². The average molecular weight is 287 g/mol. The van der Waals surface area contributed by atoms with Crippen molar-refractivity contribution in [3.05, 3.63) is 39.4 Å². The van der Waals surface area contributed by atoms with Crippen LogP contribution in [0.2, 0.25) is 0 Å². The van der Waals surface area contributed by atoms with Crippen LogP contribution in [0, 0.1) is 21.7 Å². The minimum Gasteiger partial charge on any atom is -0.341 e. The lowest BCUT2D eigenvalue weighted by atomic mass is 10.1. The minimum absolute atomic E-state index is 0.279. The van der Waals surface area contributed by atoms with Gasteiger partial charge in [-0.05, 0) is 26.1 Å². The first-order valence-corrected chi connectivity index (χ1v) is 5.92. The first kappa shape index (κ1) is 16.0. The van der Waals surface area contributed by atoms with E-state index in [2.05, 4.69) is 5.32 Å². The van der Waals surface area contributed by atoms with Gasteiger partial charge in [0.05, 0.1) is 4.92 Å². The molecular formula is C12H15F2N3O3. The number of amides is 1. The summed E-state index contributed by atoms with van der Waals surface area (Å²) in [5, 5.41) is 13.5. The van der Waals surface area contributed by atoms with E-state index in [0.29, 0.717) is 19.0 Å². The van der Waals surface area contributed by atoms with E-state index < -0.39 is 33.7 Å². The Morgan fingerprint density at radius 3 is 2.65 bits per heavy atom. The topological polar surface area (TPSA) is 75.5 Å². The van der Waals surface area contributed by atoms with Crippen molar-refractivity contribution in [3.63, 3.8) is 0 Å². The van der Waals surface area contributed by atoms with Crippen LogP contribution in [0.1, 0.15) is 16.8 Å². The van der Waals surface area contributed by atoms with E-state index in [1.54, 1.807) is 7.05 Å². The maximum Gasteiger partial charge on any atom is 0.305 e. The fourth-order valence-corrected chi connectivity index (χ4v) is 1.66. The molecule has 0 unspecified atom stereocenters. The molecule has 1 rings (SSSR count). The molecule has 0 atom stereocenters. The van der Waals surface area contributed by atoms with Crippen LogP contribution < -0.4 is 5.32 Å². The zero-order chi connectivity index (χ0) is 15.3. The fraction of sp³-hybridized carbons (Fsp3) is 0.417. The average Bonchev–Trinajstić information content (AvgIpc) is 2.38. The third-order valence-corrected chi connectivity index (χ3v) is 2.75. The number of carbonyl (C=O) groups excluding carboxylic acids is 1. The summed E-state index contributed by atoms with van der Waals surface area (Å²) in [6.45, 7) is 0.915. The second-order valence-electron chi connectivity index (χ2n) is 4.20. The molecule has 1 aromatic carbocycles. The first-order valence-electron chi connectivity index (χ1n) is 5.92. The Labute approximate surface area is 114 Å². The van der Waals surface area contributed by atoms with Gasteiger partial charge in [0, 0.05) is 19.7 Å². The maximum atomic E-state index is 13.8. The zero-order valence-electron chi connectivity index (χ0n) is 11.2. The van der Waals surface area contributed by atoms with Gasteiger partial charge in [-0.25, -0.2) is 4.39 Å². The summed E-state index contributed by atoms with van der Waals surface area (Å²) in [5.74, 6) is -3.47. The molecule has 8 heteroatoms. The quantitative estimate of drug-likeness (QED) is 0.489. The van der Waals surface area contributed by atoms with Crippen LogP contribution in [0.15, 0.2) is 12.1 Å². The van der Waals surface area contributed by atoms with E-state index in [9.17, 15) is 23.7 Å². The van der Waals surface area contributed by atoms with Crippen molar-refractivity contribution in [2.24, 2.45) is 0 Å². The molecule has 0 saturated carbocycles. The number of nitro groups is 1. The number of hydrogen-bond donors (Lipinski definition) is 1. The molecule has 0 spiro atoms. The van der Waals surface area contributed by atoms with Gasteiger partial charge in [-0.3, -0.25) is 14.9 Å².